The molecule has 0 saturated heterocycles. The second kappa shape index (κ2) is 5.63. The van der Waals surface area contributed by atoms with E-state index in [-0.39, 0.29) is 5.56 Å². The molecule has 1 amide bonds. The van der Waals surface area contributed by atoms with E-state index >= 15 is 0 Å². The first kappa shape index (κ1) is 14.5. The summed E-state index contributed by atoms with van der Waals surface area (Å²) in [6.45, 7) is 3.34. The summed E-state index contributed by atoms with van der Waals surface area (Å²) in [5.74, 6) is -1.20. The van der Waals surface area contributed by atoms with Crippen LogP contribution in [-0.4, -0.2) is 5.91 Å². The highest BCUT2D eigenvalue weighted by Gasteiger charge is 2.15. The zero-order chi connectivity index (χ0) is 15.6. The van der Waals surface area contributed by atoms with Crippen molar-refractivity contribution in [2.45, 2.75) is 13.8 Å². The van der Waals surface area contributed by atoms with Gasteiger partial charge in [-0.25, -0.2) is 4.39 Å². The lowest BCUT2D eigenvalue weighted by molar-refractivity contribution is 0.102. The van der Waals surface area contributed by atoms with Crippen molar-refractivity contribution in [1.82, 2.24) is 0 Å². The first-order valence-corrected chi connectivity index (χ1v) is 6.30. The third-order valence-electron chi connectivity index (χ3n) is 3.14. The molecule has 0 saturated carbocycles. The largest absolute Gasteiger partial charge is 0.399 e. The molecule has 0 bridgehead atoms. The molecular formula is C16H14FN3O. The number of nitrogens with zero attached hydrogens (tertiary/aromatic N) is 1. The van der Waals surface area contributed by atoms with Crippen LogP contribution in [0.4, 0.5) is 15.8 Å². The van der Waals surface area contributed by atoms with Gasteiger partial charge in [0.1, 0.15) is 5.82 Å². The molecule has 0 aliphatic rings. The Kier molecular flexibility index (Phi) is 3.90. The topological polar surface area (TPSA) is 78.9 Å². The Morgan fingerprint density at radius 1 is 1.24 bits per heavy atom. The summed E-state index contributed by atoms with van der Waals surface area (Å²) in [6.07, 6.45) is 0. The molecule has 2 aromatic rings. The Morgan fingerprint density at radius 2 is 1.95 bits per heavy atom. The van der Waals surface area contributed by atoms with E-state index in [0.717, 1.165) is 5.56 Å². The fraction of sp³-hybridized carbons (Fsp3) is 0.125. The molecule has 4 nitrogen and oxygen atoms in total. The van der Waals surface area contributed by atoms with Crippen molar-refractivity contribution in [3.05, 3.63) is 58.4 Å². The number of benzene rings is 2. The maximum atomic E-state index is 14.0. The van der Waals surface area contributed by atoms with Gasteiger partial charge in [0.25, 0.3) is 5.91 Å². The number of amides is 1. The van der Waals surface area contributed by atoms with Gasteiger partial charge in [-0.15, -0.1) is 0 Å². The Hall–Kier alpha value is -2.87. The summed E-state index contributed by atoms with van der Waals surface area (Å²) in [7, 11) is 0. The minimum atomic E-state index is -0.601. The molecule has 0 spiro atoms. The molecule has 2 aromatic carbocycles. The smallest absolute Gasteiger partial charge is 0.258 e. The predicted molar refractivity (Wildman–Crippen MR) is 79.4 cm³/mol. The molecule has 0 unspecified atom stereocenters. The second-order valence-electron chi connectivity index (χ2n) is 4.79. The van der Waals surface area contributed by atoms with Crippen LogP contribution in [0.2, 0.25) is 0 Å². The number of anilines is 2. The first-order chi connectivity index (χ1) is 9.92. The second-order valence-corrected chi connectivity index (χ2v) is 4.79. The van der Waals surface area contributed by atoms with E-state index in [4.69, 9.17) is 11.0 Å². The van der Waals surface area contributed by atoms with Crippen LogP contribution in [0.15, 0.2) is 30.3 Å². The van der Waals surface area contributed by atoms with E-state index in [0.29, 0.717) is 22.5 Å². The Labute approximate surface area is 122 Å². The Morgan fingerprint density at radius 3 is 2.62 bits per heavy atom. The van der Waals surface area contributed by atoms with Crippen LogP contribution in [0.1, 0.15) is 27.0 Å². The number of nitrogens with one attached hydrogen (secondary N) is 1. The van der Waals surface area contributed by atoms with Crippen LogP contribution in [0, 0.1) is 31.0 Å². The molecule has 0 aliphatic carbocycles. The highest BCUT2D eigenvalue weighted by molar-refractivity contribution is 6.05. The molecule has 0 aliphatic heterocycles. The van der Waals surface area contributed by atoms with Crippen molar-refractivity contribution in [3.8, 4) is 6.07 Å². The monoisotopic (exact) mass is 283 g/mol. The summed E-state index contributed by atoms with van der Waals surface area (Å²) >= 11 is 0. The normalized spacial score (nSPS) is 10.0. The molecule has 0 fully saturated rings. The average molecular weight is 283 g/mol. The predicted octanol–water partition coefficient (Wildman–Crippen LogP) is 3.15. The molecule has 0 aromatic heterocycles. The zero-order valence-corrected chi connectivity index (χ0v) is 11.7. The van der Waals surface area contributed by atoms with Crippen LogP contribution < -0.4 is 11.1 Å². The quantitative estimate of drug-likeness (QED) is 0.831. The standard InChI is InChI=1S/C16H14FN3O/c1-9-3-4-11(8-18)6-14(9)20-16(21)13-7-12(19)5-10(2)15(13)17/h3-7H,19H2,1-2H3,(H,20,21). The van der Waals surface area contributed by atoms with E-state index in [1.54, 1.807) is 32.0 Å². The lowest BCUT2D eigenvalue weighted by Crippen LogP contribution is -2.15. The van der Waals surface area contributed by atoms with Crippen molar-refractivity contribution in [3.63, 3.8) is 0 Å². The third-order valence-corrected chi connectivity index (χ3v) is 3.14. The van der Waals surface area contributed by atoms with E-state index in [2.05, 4.69) is 5.32 Å². The Balaban J connectivity index is 2.37. The van der Waals surface area contributed by atoms with Crippen molar-refractivity contribution >= 4 is 17.3 Å². The van der Waals surface area contributed by atoms with Gasteiger partial charge < -0.3 is 11.1 Å². The molecule has 106 valence electrons. The van der Waals surface area contributed by atoms with Crippen LogP contribution in [0.3, 0.4) is 0 Å². The van der Waals surface area contributed by atoms with Crippen molar-refractivity contribution in [2.75, 3.05) is 11.1 Å². The van der Waals surface area contributed by atoms with Crippen LogP contribution in [0.25, 0.3) is 0 Å². The van der Waals surface area contributed by atoms with Crippen molar-refractivity contribution in [2.24, 2.45) is 0 Å². The minimum Gasteiger partial charge on any atom is -0.399 e. The van der Waals surface area contributed by atoms with E-state index < -0.39 is 11.7 Å². The Bertz CT molecular complexity index is 763. The lowest BCUT2D eigenvalue weighted by Gasteiger charge is -2.11. The molecule has 2 rings (SSSR count). The van der Waals surface area contributed by atoms with E-state index in [9.17, 15) is 9.18 Å². The number of nitrogen functional groups attached to an aromatic ring is 1. The molecule has 0 heterocycles. The summed E-state index contributed by atoms with van der Waals surface area (Å²) in [5.41, 5.74) is 7.83. The van der Waals surface area contributed by atoms with Crippen LogP contribution in [-0.2, 0) is 0 Å². The highest BCUT2D eigenvalue weighted by atomic mass is 19.1. The van der Waals surface area contributed by atoms with Gasteiger partial charge in [-0.3, -0.25) is 4.79 Å². The third kappa shape index (κ3) is 3.00. The van der Waals surface area contributed by atoms with Gasteiger partial charge in [-0.1, -0.05) is 6.07 Å². The molecular weight excluding hydrogens is 269 g/mol. The minimum absolute atomic E-state index is 0.116. The maximum absolute atomic E-state index is 14.0. The summed E-state index contributed by atoms with van der Waals surface area (Å²) in [5, 5.41) is 11.5. The molecule has 0 radical (unpaired) electrons. The molecule has 0 atom stereocenters. The van der Waals surface area contributed by atoms with E-state index in [1.165, 1.54) is 12.1 Å². The lowest BCUT2D eigenvalue weighted by atomic mass is 10.1. The number of nitrogens with two attached hydrogens (primary N) is 1. The first-order valence-electron chi connectivity index (χ1n) is 6.30. The van der Waals surface area contributed by atoms with Crippen LogP contribution in [0.5, 0.6) is 0 Å². The fourth-order valence-electron chi connectivity index (χ4n) is 1.98. The van der Waals surface area contributed by atoms with Gasteiger partial charge in [0.05, 0.1) is 17.2 Å². The van der Waals surface area contributed by atoms with Crippen molar-refractivity contribution in [1.29, 1.82) is 5.26 Å². The van der Waals surface area contributed by atoms with Crippen molar-refractivity contribution < 1.29 is 9.18 Å². The van der Waals surface area contributed by atoms with Crippen LogP contribution >= 0.6 is 0 Å². The average Bonchev–Trinajstić information content (AvgIpc) is 2.45. The van der Waals surface area contributed by atoms with Gasteiger partial charge in [0.2, 0.25) is 0 Å². The number of rotatable bonds is 2. The SMILES string of the molecule is Cc1ccc(C#N)cc1NC(=O)c1cc(N)cc(C)c1F. The molecule has 3 N–H and O–H groups in total. The maximum Gasteiger partial charge on any atom is 0.258 e. The van der Waals surface area contributed by atoms with Gasteiger partial charge in [-0.05, 0) is 49.2 Å². The number of hydrogen-bond donors (Lipinski definition) is 2. The number of hydrogen-bond acceptors (Lipinski definition) is 3. The number of nitriles is 1. The summed E-state index contributed by atoms with van der Waals surface area (Å²) in [6, 6.07) is 9.66. The number of carbonyl (C=O) groups is 1. The number of halogens is 1. The van der Waals surface area contributed by atoms with Gasteiger partial charge >= 0.3 is 0 Å². The summed E-state index contributed by atoms with van der Waals surface area (Å²) in [4.78, 5) is 12.2. The highest BCUT2D eigenvalue weighted by Crippen LogP contribution is 2.21. The fourth-order valence-corrected chi connectivity index (χ4v) is 1.98. The molecule has 21 heavy (non-hydrogen) atoms. The van der Waals surface area contributed by atoms with Gasteiger partial charge in [0, 0.05) is 11.4 Å². The zero-order valence-electron chi connectivity index (χ0n) is 11.7. The van der Waals surface area contributed by atoms with Gasteiger partial charge in [-0.2, -0.15) is 5.26 Å². The number of aryl methyl sites for hydroxylation is 2. The number of carbonyl (C=O) groups excluding carboxylic acids is 1. The molecule has 5 heteroatoms. The van der Waals surface area contributed by atoms with E-state index in [1.807, 2.05) is 6.07 Å². The summed E-state index contributed by atoms with van der Waals surface area (Å²) < 4.78 is 14.0. The van der Waals surface area contributed by atoms with Gasteiger partial charge in [0.15, 0.2) is 0 Å².